The number of rotatable bonds is 7. The number of anilines is 1. The zero-order valence-electron chi connectivity index (χ0n) is 11.0. The van der Waals surface area contributed by atoms with Crippen LogP contribution >= 0.6 is 23.1 Å². The molecule has 1 aliphatic heterocycles. The molecule has 8 heteroatoms. The average molecular weight is 304 g/mol. The van der Waals surface area contributed by atoms with Crippen molar-refractivity contribution in [1.82, 2.24) is 15.1 Å². The van der Waals surface area contributed by atoms with E-state index >= 15 is 0 Å². The van der Waals surface area contributed by atoms with Crippen molar-refractivity contribution in [2.24, 2.45) is 0 Å². The highest BCUT2D eigenvalue weighted by molar-refractivity contribution is 8.01. The van der Waals surface area contributed by atoms with Gasteiger partial charge >= 0.3 is 0 Å². The molecule has 1 atom stereocenters. The van der Waals surface area contributed by atoms with Crippen LogP contribution in [0.2, 0.25) is 0 Å². The Hall–Kier alpha value is -0.410. The van der Waals surface area contributed by atoms with Crippen molar-refractivity contribution >= 4 is 28.2 Å². The Morgan fingerprint density at radius 3 is 3.00 bits per heavy atom. The number of aliphatic hydroxyl groups excluding tert-OH is 1. The number of morpholine rings is 1. The van der Waals surface area contributed by atoms with Crippen LogP contribution in [0.3, 0.4) is 0 Å². The van der Waals surface area contributed by atoms with E-state index in [1.54, 1.807) is 11.8 Å². The van der Waals surface area contributed by atoms with Crippen molar-refractivity contribution in [2.45, 2.75) is 17.4 Å². The van der Waals surface area contributed by atoms with Crippen molar-refractivity contribution < 1.29 is 9.84 Å². The van der Waals surface area contributed by atoms with Crippen LogP contribution in [0.15, 0.2) is 4.34 Å². The second kappa shape index (κ2) is 8.01. The van der Waals surface area contributed by atoms with Gasteiger partial charge in [0.05, 0.1) is 19.3 Å². The fourth-order valence-corrected chi connectivity index (χ4v) is 3.55. The van der Waals surface area contributed by atoms with E-state index in [0.717, 1.165) is 42.3 Å². The number of β-amino-alcohol motifs (C(OH)–C–C–N with tert-alkyl or cyclic N) is 1. The van der Waals surface area contributed by atoms with Crippen molar-refractivity contribution in [2.75, 3.05) is 50.5 Å². The third-order valence-corrected chi connectivity index (χ3v) is 4.87. The van der Waals surface area contributed by atoms with Crippen LogP contribution in [0.1, 0.15) is 6.92 Å². The summed E-state index contributed by atoms with van der Waals surface area (Å²) in [5.41, 5.74) is 0. The minimum absolute atomic E-state index is 0.338. The van der Waals surface area contributed by atoms with E-state index < -0.39 is 0 Å². The van der Waals surface area contributed by atoms with E-state index in [9.17, 15) is 5.11 Å². The third-order valence-electron chi connectivity index (χ3n) is 2.71. The van der Waals surface area contributed by atoms with Crippen LogP contribution in [0.5, 0.6) is 0 Å². The van der Waals surface area contributed by atoms with Crippen LogP contribution < -0.4 is 5.32 Å². The standard InChI is InChI=1S/C11H20N4O2S2/c1-2-12-10-13-14-11(19-10)18-8-9(16)7-15-3-5-17-6-4-15/h9,16H,2-8H2,1H3,(H,12,13). The van der Waals surface area contributed by atoms with Gasteiger partial charge in [-0.25, -0.2) is 0 Å². The topological polar surface area (TPSA) is 70.5 Å². The maximum atomic E-state index is 10.0. The highest BCUT2D eigenvalue weighted by atomic mass is 32.2. The van der Waals surface area contributed by atoms with E-state index in [4.69, 9.17) is 4.74 Å². The number of aromatic nitrogens is 2. The molecule has 1 fully saturated rings. The molecule has 2 heterocycles. The summed E-state index contributed by atoms with van der Waals surface area (Å²) in [6, 6.07) is 0. The maximum Gasteiger partial charge on any atom is 0.206 e. The Morgan fingerprint density at radius 2 is 2.26 bits per heavy atom. The van der Waals surface area contributed by atoms with Crippen LogP contribution in [-0.2, 0) is 4.74 Å². The second-order valence-electron chi connectivity index (χ2n) is 4.28. The van der Waals surface area contributed by atoms with E-state index in [-0.39, 0.29) is 6.10 Å². The first-order valence-electron chi connectivity index (χ1n) is 6.46. The van der Waals surface area contributed by atoms with Crippen LogP contribution in [0, 0.1) is 0 Å². The molecule has 2 rings (SSSR count). The highest BCUT2D eigenvalue weighted by Crippen LogP contribution is 2.25. The molecule has 0 radical (unpaired) electrons. The van der Waals surface area contributed by atoms with Crippen LogP contribution in [0.25, 0.3) is 0 Å². The fraction of sp³-hybridized carbons (Fsp3) is 0.818. The van der Waals surface area contributed by atoms with Gasteiger partial charge in [0.2, 0.25) is 5.13 Å². The molecule has 0 amide bonds. The van der Waals surface area contributed by atoms with Gasteiger partial charge in [-0.15, -0.1) is 10.2 Å². The number of ether oxygens (including phenoxy) is 1. The van der Waals surface area contributed by atoms with E-state index in [1.165, 1.54) is 11.3 Å². The monoisotopic (exact) mass is 304 g/mol. The Kier molecular flexibility index (Phi) is 6.32. The summed E-state index contributed by atoms with van der Waals surface area (Å²) in [6.07, 6.45) is -0.338. The molecular weight excluding hydrogens is 284 g/mol. The lowest BCUT2D eigenvalue weighted by atomic mass is 10.3. The first-order chi connectivity index (χ1) is 9.28. The lowest BCUT2D eigenvalue weighted by Crippen LogP contribution is -2.41. The Bertz CT molecular complexity index is 371. The number of aliphatic hydroxyl groups is 1. The minimum atomic E-state index is -0.338. The number of hydrogen-bond acceptors (Lipinski definition) is 8. The van der Waals surface area contributed by atoms with Gasteiger partial charge in [-0.2, -0.15) is 0 Å². The van der Waals surface area contributed by atoms with Gasteiger partial charge < -0.3 is 15.2 Å². The largest absolute Gasteiger partial charge is 0.391 e. The summed E-state index contributed by atoms with van der Waals surface area (Å²) >= 11 is 3.09. The average Bonchev–Trinajstić information content (AvgIpc) is 2.86. The predicted molar refractivity (Wildman–Crippen MR) is 78.1 cm³/mol. The molecule has 0 aliphatic carbocycles. The Morgan fingerprint density at radius 1 is 1.47 bits per heavy atom. The first-order valence-corrected chi connectivity index (χ1v) is 8.26. The van der Waals surface area contributed by atoms with Gasteiger partial charge in [0.15, 0.2) is 4.34 Å². The normalized spacial score (nSPS) is 18.4. The van der Waals surface area contributed by atoms with Gasteiger partial charge in [-0.3, -0.25) is 4.90 Å². The summed E-state index contributed by atoms with van der Waals surface area (Å²) in [6.45, 7) is 6.93. The molecule has 2 N–H and O–H groups in total. The smallest absolute Gasteiger partial charge is 0.206 e. The summed E-state index contributed by atoms with van der Waals surface area (Å²) in [4.78, 5) is 2.24. The van der Waals surface area contributed by atoms with Crippen molar-refractivity contribution in [3.63, 3.8) is 0 Å². The molecule has 1 aromatic rings. The Labute approximate surface area is 121 Å². The highest BCUT2D eigenvalue weighted by Gasteiger charge is 2.15. The number of hydrogen-bond donors (Lipinski definition) is 2. The fourth-order valence-electron chi connectivity index (χ4n) is 1.79. The van der Waals surface area contributed by atoms with Crippen molar-refractivity contribution in [1.29, 1.82) is 0 Å². The lowest BCUT2D eigenvalue weighted by molar-refractivity contribution is 0.0188. The minimum Gasteiger partial charge on any atom is -0.391 e. The predicted octanol–water partition coefficient (Wildman–Crippen LogP) is 0.755. The molecule has 0 saturated carbocycles. The zero-order valence-corrected chi connectivity index (χ0v) is 12.7. The maximum absolute atomic E-state index is 10.0. The molecular formula is C11H20N4O2S2. The van der Waals surface area contributed by atoms with Gasteiger partial charge in [0.1, 0.15) is 0 Å². The van der Waals surface area contributed by atoms with Crippen LogP contribution in [-0.4, -0.2) is 71.5 Å². The zero-order chi connectivity index (χ0) is 13.5. The van der Waals surface area contributed by atoms with Gasteiger partial charge in [-0.05, 0) is 6.92 Å². The number of thioether (sulfide) groups is 1. The third kappa shape index (κ3) is 5.23. The van der Waals surface area contributed by atoms with Gasteiger partial charge in [0, 0.05) is 31.9 Å². The van der Waals surface area contributed by atoms with Gasteiger partial charge in [-0.1, -0.05) is 23.1 Å². The summed E-state index contributed by atoms with van der Waals surface area (Å²) in [5.74, 6) is 0.651. The second-order valence-corrected chi connectivity index (χ2v) is 6.53. The molecule has 6 nitrogen and oxygen atoms in total. The molecule has 1 aromatic heterocycles. The van der Waals surface area contributed by atoms with Crippen molar-refractivity contribution in [3.05, 3.63) is 0 Å². The molecule has 1 unspecified atom stereocenters. The molecule has 0 bridgehead atoms. The van der Waals surface area contributed by atoms with E-state index in [0.29, 0.717) is 12.3 Å². The SMILES string of the molecule is CCNc1nnc(SCC(O)CN2CCOCC2)s1. The van der Waals surface area contributed by atoms with Crippen molar-refractivity contribution in [3.8, 4) is 0 Å². The first kappa shape index (κ1) is 15.0. The molecule has 108 valence electrons. The summed E-state index contributed by atoms with van der Waals surface area (Å²) < 4.78 is 6.18. The molecule has 0 aromatic carbocycles. The lowest BCUT2D eigenvalue weighted by Gasteiger charge is -2.28. The van der Waals surface area contributed by atoms with Gasteiger partial charge in [0.25, 0.3) is 0 Å². The van der Waals surface area contributed by atoms with E-state index in [2.05, 4.69) is 20.4 Å². The van der Waals surface area contributed by atoms with E-state index in [1.807, 2.05) is 6.92 Å². The molecule has 1 saturated heterocycles. The van der Waals surface area contributed by atoms with Crippen LogP contribution in [0.4, 0.5) is 5.13 Å². The Balaban J connectivity index is 1.68. The number of nitrogens with zero attached hydrogens (tertiary/aromatic N) is 3. The molecule has 0 spiro atoms. The quantitative estimate of drug-likeness (QED) is 0.721. The molecule has 19 heavy (non-hydrogen) atoms. The molecule has 1 aliphatic rings. The summed E-state index contributed by atoms with van der Waals surface area (Å²) in [7, 11) is 0. The summed E-state index contributed by atoms with van der Waals surface area (Å²) in [5, 5.41) is 22.1. The number of nitrogens with one attached hydrogen (secondary N) is 1.